The van der Waals surface area contributed by atoms with Crippen molar-refractivity contribution in [3.05, 3.63) is 193 Å². The Morgan fingerprint density at radius 1 is 0.420 bits per heavy atom. The first-order chi connectivity index (χ1) is 24.7. The third-order valence-electron chi connectivity index (χ3n) is 10.7. The predicted octanol–water partition coefficient (Wildman–Crippen LogP) is 12.3. The van der Waals surface area contributed by atoms with Gasteiger partial charge < -0.3 is 0 Å². The molecular weight excluding hydrogens is 605 g/mol. The average Bonchev–Trinajstić information content (AvgIpc) is 3.45. The maximum atomic E-state index is 5.49. The first kappa shape index (κ1) is 28.6. The molecule has 0 aliphatic heterocycles. The molecule has 9 aromatic rings. The first-order valence-corrected chi connectivity index (χ1v) is 17.3. The van der Waals surface area contributed by atoms with Gasteiger partial charge in [-0.1, -0.05) is 158 Å². The van der Waals surface area contributed by atoms with Gasteiger partial charge in [0.05, 0.1) is 11.4 Å². The van der Waals surface area contributed by atoms with Crippen LogP contribution < -0.4 is 0 Å². The van der Waals surface area contributed by atoms with E-state index >= 15 is 0 Å². The molecule has 1 aromatic heterocycles. The van der Waals surface area contributed by atoms with Gasteiger partial charge in [0.15, 0.2) is 5.82 Å². The Balaban J connectivity index is 1.27. The lowest BCUT2D eigenvalue weighted by atomic mass is 9.74. The average molecular weight is 637 g/mol. The molecule has 50 heavy (non-hydrogen) atoms. The van der Waals surface area contributed by atoms with E-state index in [1.165, 1.54) is 54.7 Å². The summed E-state index contributed by atoms with van der Waals surface area (Å²) in [6.45, 7) is 2.37. The third kappa shape index (κ3) is 4.28. The van der Waals surface area contributed by atoms with Crippen molar-refractivity contribution in [3.8, 4) is 45.0 Å². The fourth-order valence-electron chi connectivity index (χ4n) is 8.27. The van der Waals surface area contributed by atoms with Crippen LogP contribution in [0.25, 0.3) is 77.3 Å². The van der Waals surface area contributed by atoms with Crippen LogP contribution in [0.15, 0.2) is 176 Å². The van der Waals surface area contributed by atoms with Crippen LogP contribution in [0.5, 0.6) is 0 Å². The zero-order chi connectivity index (χ0) is 33.2. The molecule has 0 radical (unpaired) electrons. The Hall–Kier alpha value is -6.38. The number of hydrogen-bond acceptors (Lipinski definition) is 2. The van der Waals surface area contributed by atoms with Crippen LogP contribution >= 0.6 is 0 Å². The topological polar surface area (TPSA) is 25.8 Å². The van der Waals surface area contributed by atoms with Gasteiger partial charge in [-0.15, -0.1) is 0 Å². The van der Waals surface area contributed by atoms with Crippen molar-refractivity contribution in [2.24, 2.45) is 0 Å². The number of benzene rings is 8. The molecule has 1 unspecified atom stereocenters. The molecule has 1 aliphatic carbocycles. The molecule has 1 aliphatic rings. The molecule has 2 nitrogen and oxygen atoms in total. The summed E-state index contributed by atoms with van der Waals surface area (Å²) in [7, 11) is 0. The highest BCUT2D eigenvalue weighted by atomic mass is 14.9. The molecule has 0 saturated heterocycles. The van der Waals surface area contributed by atoms with Gasteiger partial charge in [0, 0.05) is 27.5 Å². The maximum Gasteiger partial charge on any atom is 0.161 e. The van der Waals surface area contributed by atoms with E-state index in [4.69, 9.17) is 9.97 Å². The second-order valence-electron chi connectivity index (χ2n) is 13.5. The van der Waals surface area contributed by atoms with E-state index in [9.17, 15) is 0 Å². The van der Waals surface area contributed by atoms with Crippen molar-refractivity contribution in [3.63, 3.8) is 0 Å². The quantitative estimate of drug-likeness (QED) is 0.142. The van der Waals surface area contributed by atoms with E-state index < -0.39 is 0 Å². The van der Waals surface area contributed by atoms with Crippen molar-refractivity contribution in [2.45, 2.75) is 12.3 Å². The minimum Gasteiger partial charge on any atom is -0.228 e. The zero-order valence-corrected chi connectivity index (χ0v) is 27.6. The van der Waals surface area contributed by atoms with Crippen LogP contribution in [-0.2, 0) is 5.41 Å². The molecule has 0 saturated carbocycles. The van der Waals surface area contributed by atoms with E-state index in [2.05, 4.69) is 183 Å². The van der Waals surface area contributed by atoms with Gasteiger partial charge in [0.1, 0.15) is 0 Å². The zero-order valence-electron chi connectivity index (χ0n) is 27.6. The summed E-state index contributed by atoms with van der Waals surface area (Å²) in [6.07, 6.45) is 0. The van der Waals surface area contributed by atoms with Crippen LogP contribution in [0.2, 0.25) is 0 Å². The van der Waals surface area contributed by atoms with Crippen molar-refractivity contribution in [1.82, 2.24) is 9.97 Å². The monoisotopic (exact) mass is 636 g/mol. The summed E-state index contributed by atoms with van der Waals surface area (Å²) >= 11 is 0. The number of hydrogen-bond donors (Lipinski definition) is 0. The molecule has 0 N–H and O–H groups in total. The van der Waals surface area contributed by atoms with Gasteiger partial charge in [-0.05, 0) is 79.9 Å². The normalized spacial score (nSPS) is 15.0. The Labute approximate surface area is 291 Å². The van der Waals surface area contributed by atoms with Crippen LogP contribution in [0.3, 0.4) is 0 Å². The van der Waals surface area contributed by atoms with Gasteiger partial charge >= 0.3 is 0 Å². The van der Waals surface area contributed by atoms with Gasteiger partial charge in [0.2, 0.25) is 0 Å². The van der Waals surface area contributed by atoms with E-state index in [-0.39, 0.29) is 5.41 Å². The highest BCUT2D eigenvalue weighted by Crippen LogP contribution is 2.53. The molecule has 0 amide bonds. The van der Waals surface area contributed by atoms with Crippen LogP contribution in [0.4, 0.5) is 0 Å². The number of nitrogens with zero attached hydrogens (tertiary/aromatic N) is 2. The highest BCUT2D eigenvalue weighted by molar-refractivity contribution is 6.21. The van der Waals surface area contributed by atoms with Crippen molar-refractivity contribution < 1.29 is 0 Å². The highest BCUT2D eigenvalue weighted by Gasteiger charge is 2.40. The molecule has 234 valence electrons. The van der Waals surface area contributed by atoms with E-state index in [0.717, 1.165) is 39.3 Å². The predicted molar refractivity (Wildman–Crippen MR) is 208 cm³/mol. The van der Waals surface area contributed by atoms with Crippen molar-refractivity contribution in [1.29, 1.82) is 0 Å². The summed E-state index contributed by atoms with van der Waals surface area (Å²) in [4.78, 5) is 10.9. The van der Waals surface area contributed by atoms with Crippen LogP contribution in [0, 0.1) is 0 Å². The van der Waals surface area contributed by atoms with Gasteiger partial charge in [-0.25, -0.2) is 9.97 Å². The van der Waals surface area contributed by atoms with E-state index in [1.54, 1.807) is 0 Å². The van der Waals surface area contributed by atoms with E-state index in [1.807, 2.05) is 0 Å². The van der Waals surface area contributed by atoms with Crippen molar-refractivity contribution in [2.75, 3.05) is 0 Å². The third-order valence-corrected chi connectivity index (χ3v) is 10.7. The summed E-state index contributed by atoms with van der Waals surface area (Å²) < 4.78 is 0. The lowest BCUT2D eigenvalue weighted by Gasteiger charge is -2.28. The van der Waals surface area contributed by atoms with Gasteiger partial charge in [-0.3, -0.25) is 0 Å². The minimum atomic E-state index is -0.300. The first-order valence-electron chi connectivity index (χ1n) is 17.3. The van der Waals surface area contributed by atoms with Crippen LogP contribution in [-0.4, -0.2) is 9.97 Å². The SMILES string of the molecule is CC1(c2ccccc2)c2ccccc2-c2ccc(-c3cc(-c4ccccc4)nc(-c4c5ccccc5cc5ccc6ccccc6c45)n3)cc21. The van der Waals surface area contributed by atoms with Gasteiger partial charge in [-0.2, -0.15) is 0 Å². The lowest BCUT2D eigenvalue weighted by molar-refractivity contribution is 0.714. The molecule has 0 spiro atoms. The summed E-state index contributed by atoms with van der Waals surface area (Å²) in [5.41, 5.74) is 11.2. The van der Waals surface area contributed by atoms with Crippen molar-refractivity contribution >= 4 is 32.3 Å². The second-order valence-corrected chi connectivity index (χ2v) is 13.5. The maximum absolute atomic E-state index is 5.49. The summed E-state index contributed by atoms with van der Waals surface area (Å²) in [5, 5.41) is 7.09. The largest absolute Gasteiger partial charge is 0.228 e. The fourth-order valence-corrected chi connectivity index (χ4v) is 8.27. The fraction of sp³-hybridized carbons (Fsp3) is 0.0417. The molecule has 1 atom stereocenters. The number of aromatic nitrogens is 2. The van der Waals surface area contributed by atoms with Crippen LogP contribution in [0.1, 0.15) is 23.6 Å². The number of fused-ring (bicyclic) bond motifs is 7. The second kappa shape index (κ2) is 11.1. The molecule has 0 bridgehead atoms. The molecule has 1 heterocycles. The Kier molecular flexibility index (Phi) is 6.34. The Morgan fingerprint density at radius 2 is 1.04 bits per heavy atom. The molecule has 2 heteroatoms. The smallest absolute Gasteiger partial charge is 0.161 e. The molecule has 8 aromatic carbocycles. The van der Waals surface area contributed by atoms with Gasteiger partial charge in [0.25, 0.3) is 0 Å². The summed E-state index contributed by atoms with van der Waals surface area (Å²) in [6, 6.07) is 63.3. The molecule has 10 rings (SSSR count). The standard InChI is InChI=1S/C48H32N2/c1-48(36-18-6-3-7-19-36)41-23-13-12-22-39(41)40-27-26-34(29-42(40)48)44-30-43(32-15-4-2-5-16-32)49-47(50-44)46-38-21-11-9-17-33(38)28-35-25-24-31-14-8-10-20-37(31)45(35)46/h2-30H,1H3. The van der Waals surface area contributed by atoms with E-state index in [0.29, 0.717) is 0 Å². The molecular formula is C48H32N2. The Morgan fingerprint density at radius 3 is 1.86 bits per heavy atom. The Bertz CT molecular complexity index is 2770. The molecule has 0 fully saturated rings. The number of rotatable bonds is 4. The summed E-state index contributed by atoms with van der Waals surface area (Å²) in [5.74, 6) is 0.731. The minimum absolute atomic E-state index is 0.300. The lowest BCUT2D eigenvalue weighted by Crippen LogP contribution is -2.22.